The van der Waals surface area contributed by atoms with Gasteiger partial charge in [-0.3, -0.25) is 9.78 Å². The number of carbonyl (C=O) groups is 1. The number of thioether (sulfide) groups is 1. The molecule has 21 heavy (non-hydrogen) atoms. The summed E-state index contributed by atoms with van der Waals surface area (Å²) in [5, 5.41) is 3.07. The van der Waals surface area contributed by atoms with Gasteiger partial charge in [-0.2, -0.15) is 0 Å². The van der Waals surface area contributed by atoms with E-state index in [2.05, 4.69) is 22.4 Å². The zero-order chi connectivity index (χ0) is 14.5. The molecule has 1 atom stereocenters. The largest absolute Gasteiger partial charge is 0.355 e. The summed E-state index contributed by atoms with van der Waals surface area (Å²) in [5.74, 6) is 0.150. The molecule has 3 rings (SSSR count). The van der Waals surface area contributed by atoms with E-state index in [4.69, 9.17) is 0 Å². The van der Waals surface area contributed by atoms with Crippen molar-refractivity contribution < 1.29 is 4.79 Å². The third-order valence-corrected chi connectivity index (χ3v) is 4.89. The van der Waals surface area contributed by atoms with Gasteiger partial charge in [-0.05, 0) is 43.0 Å². The standard InChI is InChI=1S/C17H18N2OS/c20-17(16-12-13-6-1-2-9-15(13)21-16)19-11-5-8-14-7-3-4-10-18-14/h1-4,6-7,9-10,16H,5,8,11-12H2,(H,19,20). The number of amides is 1. The van der Waals surface area contributed by atoms with Crippen molar-refractivity contribution in [2.45, 2.75) is 29.4 Å². The maximum absolute atomic E-state index is 12.2. The van der Waals surface area contributed by atoms with Crippen LogP contribution in [0.2, 0.25) is 0 Å². The maximum atomic E-state index is 12.2. The van der Waals surface area contributed by atoms with E-state index >= 15 is 0 Å². The molecule has 2 aromatic rings. The zero-order valence-electron chi connectivity index (χ0n) is 11.8. The second kappa shape index (κ2) is 6.76. The Bertz CT molecular complexity index is 590. The van der Waals surface area contributed by atoms with Crippen molar-refractivity contribution in [2.24, 2.45) is 0 Å². The molecule has 1 amide bonds. The smallest absolute Gasteiger partial charge is 0.233 e. The molecule has 2 heterocycles. The van der Waals surface area contributed by atoms with E-state index in [1.54, 1.807) is 18.0 Å². The highest BCUT2D eigenvalue weighted by atomic mass is 32.2. The van der Waals surface area contributed by atoms with Crippen molar-refractivity contribution in [3.8, 4) is 0 Å². The van der Waals surface area contributed by atoms with Crippen LogP contribution in [0.1, 0.15) is 17.7 Å². The lowest BCUT2D eigenvalue weighted by molar-refractivity contribution is -0.120. The normalized spacial score (nSPS) is 16.5. The molecule has 1 aliphatic rings. The Morgan fingerprint density at radius 2 is 2.10 bits per heavy atom. The molecule has 1 aliphatic heterocycles. The maximum Gasteiger partial charge on any atom is 0.233 e. The van der Waals surface area contributed by atoms with Crippen molar-refractivity contribution in [1.82, 2.24) is 10.3 Å². The summed E-state index contributed by atoms with van der Waals surface area (Å²) in [7, 11) is 0. The number of carbonyl (C=O) groups excluding carboxylic acids is 1. The number of pyridine rings is 1. The van der Waals surface area contributed by atoms with Crippen molar-refractivity contribution >= 4 is 17.7 Å². The van der Waals surface area contributed by atoms with Gasteiger partial charge in [0.1, 0.15) is 0 Å². The molecule has 0 radical (unpaired) electrons. The lowest BCUT2D eigenvalue weighted by Gasteiger charge is -2.09. The molecule has 0 saturated carbocycles. The molecular weight excluding hydrogens is 280 g/mol. The molecular formula is C17H18N2OS. The van der Waals surface area contributed by atoms with Crippen LogP contribution in [0.4, 0.5) is 0 Å². The first-order chi connectivity index (χ1) is 10.3. The van der Waals surface area contributed by atoms with Crippen LogP contribution in [-0.4, -0.2) is 22.7 Å². The number of hydrogen-bond donors (Lipinski definition) is 1. The fourth-order valence-electron chi connectivity index (χ4n) is 2.47. The van der Waals surface area contributed by atoms with Crippen molar-refractivity contribution in [2.75, 3.05) is 6.54 Å². The summed E-state index contributed by atoms with van der Waals surface area (Å²) < 4.78 is 0. The van der Waals surface area contributed by atoms with Crippen molar-refractivity contribution in [3.63, 3.8) is 0 Å². The molecule has 0 spiro atoms. The number of benzene rings is 1. The lowest BCUT2D eigenvalue weighted by atomic mass is 10.1. The number of nitrogens with one attached hydrogen (secondary N) is 1. The number of rotatable bonds is 5. The van der Waals surface area contributed by atoms with Crippen LogP contribution in [0.15, 0.2) is 53.6 Å². The number of nitrogens with zero attached hydrogens (tertiary/aromatic N) is 1. The van der Waals surface area contributed by atoms with Gasteiger partial charge in [-0.25, -0.2) is 0 Å². The van der Waals surface area contributed by atoms with E-state index in [0.717, 1.165) is 25.0 Å². The topological polar surface area (TPSA) is 42.0 Å². The van der Waals surface area contributed by atoms with Gasteiger partial charge in [0.05, 0.1) is 5.25 Å². The number of aryl methyl sites for hydroxylation is 1. The van der Waals surface area contributed by atoms with E-state index in [-0.39, 0.29) is 11.2 Å². The Labute approximate surface area is 129 Å². The van der Waals surface area contributed by atoms with Gasteiger partial charge in [0, 0.05) is 23.3 Å². The third kappa shape index (κ3) is 3.64. The summed E-state index contributed by atoms with van der Waals surface area (Å²) >= 11 is 1.67. The molecule has 1 aromatic heterocycles. The Balaban J connectivity index is 1.42. The number of aromatic nitrogens is 1. The molecule has 0 bridgehead atoms. The minimum absolute atomic E-state index is 0.0252. The van der Waals surface area contributed by atoms with Crippen LogP contribution in [0.5, 0.6) is 0 Å². The zero-order valence-corrected chi connectivity index (χ0v) is 12.6. The van der Waals surface area contributed by atoms with Crippen molar-refractivity contribution in [1.29, 1.82) is 0 Å². The molecule has 0 aliphatic carbocycles. The second-order valence-electron chi connectivity index (χ2n) is 5.13. The van der Waals surface area contributed by atoms with Crippen LogP contribution in [-0.2, 0) is 17.6 Å². The minimum Gasteiger partial charge on any atom is -0.355 e. The highest BCUT2D eigenvalue weighted by Gasteiger charge is 2.27. The molecule has 0 fully saturated rings. The van der Waals surface area contributed by atoms with E-state index < -0.39 is 0 Å². The molecule has 1 unspecified atom stereocenters. The van der Waals surface area contributed by atoms with E-state index in [1.807, 2.05) is 30.3 Å². The number of hydrogen-bond acceptors (Lipinski definition) is 3. The predicted octanol–water partition coefficient (Wildman–Crippen LogP) is 2.85. The van der Waals surface area contributed by atoms with E-state index in [9.17, 15) is 4.79 Å². The van der Waals surface area contributed by atoms with Crippen LogP contribution in [0, 0.1) is 0 Å². The molecule has 108 valence electrons. The Kier molecular flexibility index (Phi) is 4.55. The molecule has 4 heteroatoms. The quantitative estimate of drug-likeness (QED) is 0.863. The van der Waals surface area contributed by atoms with Crippen LogP contribution in [0.25, 0.3) is 0 Å². The van der Waals surface area contributed by atoms with E-state index in [0.29, 0.717) is 6.54 Å². The summed E-state index contributed by atoms with van der Waals surface area (Å²) in [5.41, 5.74) is 2.37. The second-order valence-corrected chi connectivity index (χ2v) is 6.38. The Morgan fingerprint density at radius 1 is 1.24 bits per heavy atom. The Morgan fingerprint density at radius 3 is 2.90 bits per heavy atom. The highest BCUT2D eigenvalue weighted by molar-refractivity contribution is 8.01. The molecule has 3 nitrogen and oxygen atoms in total. The van der Waals surface area contributed by atoms with Gasteiger partial charge < -0.3 is 5.32 Å². The predicted molar refractivity (Wildman–Crippen MR) is 85.4 cm³/mol. The van der Waals surface area contributed by atoms with Crippen LogP contribution in [0.3, 0.4) is 0 Å². The van der Waals surface area contributed by atoms with E-state index in [1.165, 1.54) is 10.5 Å². The summed E-state index contributed by atoms with van der Waals surface area (Å²) in [6.07, 6.45) is 4.47. The van der Waals surface area contributed by atoms with Gasteiger partial charge in [-0.1, -0.05) is 24.3 Å². The number of fused-ring (bicyclic) bond motifs is 1. The lowest BCUT2D eigenvalue weighted by Crippen LogP contribution is -2.33. The summed E-state index contributed by atoms with van der Waals surface area (Å²) in [6, 6.07) is 14.2. The fourth-order valence-corrected chi connectivity index (χ4v) is 3.69. The average molecular weight is 298 g/mol. The van der Waals surface area contributed by atoms with Gasteiger partial charge in [-0.15, -0.1) is 11.8 Å². The highest BCUT2D eigenvalue weighted by Crippen LogP contribution is 2.36. The molecule has 0 saturated heterocycles. The van der Waals surface area contributed by atoms with Crippen molar-refractivity contribution in [3.05, 3.63) is 59.9 Å². The fraction of sp³-hybridized carbons (Fsp3) is 0.294. The van der Waals surface area contributed by atoms with Gasteiger partial charge in [0.2, 0.25) is 5.91 Å². The first-order valence-corrected chi connectivity index (χ1v) is 8.13. The monoisotopic (exact) mass is 298 g/mol. The average Bonchev–Trinajstić information content (AvgIpc) is 2.96. The third-order valence-electron chi connectivity index (χ3n) is 3.57. The first kappa shape index (κ1) is 14.1. The van der Waals surface area contributed by atoms with Gasteiger partial charge in [0.15, 0.2) is 0 Å². The first-order valence-electron chi connectivity index (χ1n) is 7.25. The van der Waals surface area contributed by atoms with Gasteiger partial charge in [0.25, 0.3) is 0 Å². The van der Waals surface area contributed by atoms with Gasteiger partial charge >= 0.3 is 0 Å². The van der Waals surface area contributed by atoms with Crippen LogP contribution < -0.4 is 5.32 Å². The minimum atomic E-state index is 0.0252. The summed E-state index contributed by atoms with van der Waals surface area (Å²) in [6.45, 7) is 0.711. The Hall–Kier alpha value is -1.81. The van der Waals surface area contributed by atoms with Crippen LogP contribution >= 0.6 is 11.8 Å². The molecule has 1 aromatic carbocycles. The summed E-state index contributed by atoms with van der Waals surface area (Å²) in [4.78, 5) is 17.7. The SMILES string of the molecule is O=C(NCCCc1ccccn1)C1Cc2ccccc2S1. The molecule has 1 N–H and O–H groups in total.